The first-order valence-electron chi connectivity index (χ1n) is 11.3. The summed E-state index contributed by atoms with van der Waals surface area (Å²) in [5, 5.41) is 5.52. The number of aromatic nitrogens is 1. The third-order valence-corrected chi connectivity index (χ3v) is 8.50. The second kappa shape index (κ2) is 8.72. The molecule has 1 saturated carbocycles. The zero-order valence-electron chi connectivity index (χ0n) is 18.7. The molecule has 0 unspecified atom stereocenters. The molecule has 176 valence electrons. The molecule has 2 aliphatic rings. The summed E-state index contributed by atoms with van der Waals surface area (Å²) >= 11 is 0. The highest BCUT2D eigenvalue weighted by atomic mass is 32.2. The summed E-state index contributed by atoms with van der Waals surface area (Å²) in [6, 6.07) is 13.7. The van der Waals surface area contributed by atoms with Crippen molar-refractivity contribution in [1.29, 1.82) is 0 Å². The highest BCUT2D eigenvalue weighted by Crippen LogP contribution is 2.37. The largest absolute Gasteiger partial charge is 0.356 e. The lowest BCUT2D eigenvalue weighted by Gasteiger charge is -2.18. The van der Waals surface area contributed by atoms with Crippen molar-refractivity contribution in [2.45, 2.75) is 42.8 Å². The number of nitrogens with one attached hydrogen (secondary N) is 1. The Morgan fingerprint density at radius 2 is 1.91 bits per heavy atom. The number of hydrogen-bond donors (Lipinski definition) is 1. The number of sulfone groups is 1. The molecule has 1 aliphatic carbocycles. The van der Waals surface area contributed by atoms with Gasteiger partial charge in [0.05, 0.1) is 16.3 Å². The molecular weight excluding hydrogens is 454 g/mol. The van der Waals surface area contributed by atoms with Gasteiger partial charge in [0, 0.05) is 41.9 Å². The van der Waals surface area contributed by atoms with Crippen molar-refractivity contribution < 1.29 is 22.5 Å². The van der Waals surface area contributed by atoms with Crippen LogP contribution < -0.4 is 10.2 Å². The number of benzene rings is 2. The molecule has 1 N–H and O–H groups in total. The predicted molar refractivity (Wildman–Crippen MR) is 127 cm³/mol. The van der Waals surface area contributed by atoms with Gasteiger partial charge in [-0.2, -0.15) is 0 Å². The molecule has 1 aliphatic heterocycles. The van der Waals surface area contributed by atoms with Gasteiger partial charge in [-0.25, -0.2) is 8.42 Å². The molecule has 0 radical (unpaired) electrons. The molecule has 2 heterocycles. The van der Waals surface area contributed by atoms with Crippen LogP contribution in [0.2, 0.25) is 0 Å². The fourth-order valence-corrected chi connectivity index (χ4v) is 5.63. The number of carbonyl (C=O) groups is 2. The summed E-state index contributed by atoms with van der Waals surface area (Å²) in [7, 11) is -3.71. The molecule has 0 saturated heterocycles. The van der Waals surface area contributed by atoms with E-state index in [1.807, 2.05) is 0 Å². The Kier molecular flexibility index (Phi) is 5.73. The molecular formula is C25H25N3O5S. The topological polar surface area (TPSA) is 110 Å². The molecule has 0 spiro atoms. The number of rotatable bonds is 7. The van der Waals surface area contributed by atoms with Gasteiger partial charge in [0.2, 0.25) is 11.8 Å². The van der Waals surface area contributed by atoms with Gasteiger partial charge in [-0.05, 0) is 74.2 Å². The van der Waals surface area contributed by atoms with Crippen molar-refractivity contribution in [1.82, 2.24) is 5.16 Å². The van der Waals surface area contributed by atoms with Crippen LogP contribution in [0.1, 0.15) is 31.7 Å². The van der Waals surface area contributed by atoms with E-state index >= 15 is 0 Å². The van der Waals surface area contributed by atoms with Crippen molar-refractivity contribution in [3.05, 3.63) is 60.3 Å². The van der Waals surface area contributed by atoms with Gasteiger partial charge >= 0.3 is 0 Å². The van der Waals surface area contributed by atoms with Crippen molar-refractivity contribution in [3.63, 3.8) is 0 Å². The number of hydrogen-bond acceptors (Lipinski definition) is 6. The number of fused-ring (bicyclic) bond motifs is 1. The average molecular weight is 480 g/mol. The van der Waals surface area contributed by atoms with Crippen molar-refractivity contribution in [2.75, 3.05) is 16.8 Å². The molecule has 1 atom stereocenters. The molecule has 2 amide bonds. The highest BCUT2D eigenvalue weighted by Gasteiger charge is 2.37. The van der Waals surface area contributed by atoms with Crippen LogP contribution in [-0.2, 0) is 25.8 Å². The quantitative estimate of drug-likeness (QED) is 0.552. The van der Waals surface area contributed by atoms with E-state index in [9.17, 15) is 18.0 Å². The van der Waals surface area contributed by atoms with E-state index in [4.69, 9.17) is 4.52 Å². The van der Waals surface area contributed by atoms with Crippen LogP contribution in [0, 0.1) is 5.92 Å². The lowest BCUT2D eigenvalue weighted by atomic mass is 10.1. The van der Waals surface area contributed by atoms with Gasteiger partial charge in [-0.15, -0.1) is 0 Å². The van der Waals surface area contributed by atoms with Gasteiger partial charge in [-0.3, -0.25) is 9.59 Å². The van der Waals surface area contributed by atoms with E-state index in [2.05, 4.69) is 10.5 Å². The van der Waals surface area contributed by atoms with Gasteiger partial charge in [-0.1, -0.05) is 5.16 Å². The van der Waals surface area contributed by atoms with Crippen LogP contribution in [0.5, 0.6) is 0 Å². The Labute approximate surface area is 197 Å². The molecule has 1 fully saturated rings. The Morgan fingerprint density at radius 3 is 2.59 bits per heavy atom. The predicted octanol–water partition coefficient (Wildman–Crippen LogP) is 3.83. The second-order valence-electron chi connectivity index (χ2n) is 8.87. The van der Waals surface area contributed by atoms with E-state index < -0.39 is 15.1 Å². The number of carbonyl (C=O) groups excluding carboxylic acids is 2. The maximum Gasteiger partial charge on any atom is 0.230 e. The Hall–Kier alpha value is -3.46. The SMILES string of the molecule is C[C@H](CC(=O)Nc1ccc(-c2ccno2)cc1)S(=O)(=O)c1ccc2c(c1)CCN2C(=O)C1CC1. The summed E-state index contributed by atoms with van der Waals surface area (Å²) in [6.07, 6.45) is 3.88. The zero-order valence-corrected chi connectivity index (χ0v) is 19.5. The Morgan fingerprint density at radius 1 is 1.15 bits per heavy atom. The third-order valence-electron chi connectivity index (χ3n) is 6.36. The fraction of sp³-hybridized carbons (Fsp3) is 0.320. The van der Waals surface area contributed by atoms with Gasteiger partial charge in [0.1, 0.15) is 0 Å². The first-order valence-corrected chi connectivity index (χ1v) is 12.9. The number of nitrogens with zero attached hydrogens (tertiary/aromatic N) is 2. The number of anilines is 2. The summed E-state index contributed by atoms with van der Waals surface area (Å²) < 4.78 is 31.4. The summed E-state index contributed by atoms with van der Waals surface area (Å²) in [5.41, 5.74) is 3.05. The first-order chi connectivity index (χ1) is 16.3. The van der Waals surface area contributed by atoms with Crippen LogP contribution in [0.3, 0.4) is 0 Å². The maximum atomic E-state index is 13.2. The zero-order chi connectivity index (χ0) is 23.9. The molecule has 34 heavy (non-hydrogen) atoms. The van der Waals surface area contributed by atoms with Crippen LogP contribution in [0.25, 0.3) is 11.3 Å². The van der Waals surface area contributed by atoms with Crippen LogP contribution in [0.15, 0.2) is 64.1 Å². The second-order valence-corrected chi connectivity index (χ2v) is 11.2. The van der Waals surface area contributed by atoms with Crippen molar-refractivity contribution in [3.8, 4) is 11.3 Å². The first kappa shape index (κ1) is 22.3. The summed E-state index contributed by atoms with van der Waals surface area (Å²) in [4.78, 5) is 27.0. The minimum Gasteiger partial charge on any atom is -0.356 e. The van der Waals surface area contributed by atoms with E-state index in [0.29, 0.717) is 24.4 Å². The minimum absolute atomic E-state index is 0.117. The van der Waals surface area contributed by atoms with E-state index in [0.717, 1.165) is 29.7 Å². The monoisotopic (exact) mass is 479 g/mol. The molecule has 8 nitrogen and oxygen atoms in total. The van der Waals surface area contributed by atoms with Crippen LogP contribution >= 0.6 is 0 Å². The standard InChI is InChI=1S/C25H25N3O5S/c1-16(14-24(29)27-20-6-4-17(5-7-20)23-10-12-26-33-23)34(31,32)21-8-9-22-19(15-21)11-13-28(22)25(30)18-2-3-18/h4-10,12,15-16,18H,2-3,11,13-14H2,1H3,(H,27,29)/t16-/m1/s1. The molecule has 5 rings (SSSR count). The summed E-state index contributed by atoms with van der Waals surface area (Å²) in [5.74, 6) is 0.484. The molecule has 9 heteroatoms. The lowest BCUT2D eigenvalue weighted by molar-refractivity contribution is -0.119. The third kappa shape index (κ3) is 4.35. The van der Waals surface area contributed by atoms with Crippen LogP contribution in [0.4, 0.5) is 11.4 Å². The van der Waals surface area contributed by atoms with Gasteiger partial charge in [0.25, 0.3) is 0 Å². The van der Waals surface area contributed by atoms with E-state index in [-0.39, 0.29) is 29.0 Å². The smallest absolute Gasteiger partial charge is 0.230 e. The molecule has 3 aromatic rings. The molecule has 0 bridgehead atoms. The fourth-order valence-electron chi connectivity index (χ4n) is 4.23. The average Bonchev–Trinajstić information content (AvgIpc) is 3.36. The maximum absolute atomic E-state index is 13.2. The highest BCUT2D eigenvalue weighted by molar-refractivity contribution is 7.92. The van der Waals surface area contributed by atoms with Crippen LogP contribution in [-0.4, -0.2) is 37.2 Å². The van der Waals surface area contributed by atoms with Crippen molar-refractivity contribution >= 4 is 33.0 Å². The van der Waals surface area contributed by atoms with Gasteiger partial charge in [0.15, 0.2) is 15.6 Å². The molecule has 1 aromatic heterocycles. The van der Waals surface area contributed by atoms with E-state index in [1.54, 1.807) is 59.6 Å². The Bertz CT molecular complexity index is 1330. The number of amides is 2. The van der Waals surface area contributed by atoms with E-state index in [1.165, 1.54) is 6.92 Å². The Balaban J connectivity index is 1.24. The lowest BCUT2D eigenvalue weighted by Crippen LogP contribution is -2.30. The van der Waals surface area contributed by atoms with Crippen molar-refractivity contribution in [2.24, 2.45) is 5.92 Å². The summed E-state index contributed by atoms with van der Waals surface area (Å²) in [6.45, 7) is 2.12. The van der Waals surface area contributed by atoms with Gasteiger partial charge < -0.3 is 14.7 Å². The molecule has 2 aromatic carbocycles. The minimum atomic E-state index is -3.71. The normalized spacial score (nSPS) is 16.2.